The van der Waals surface area contributed by atoms with Gasteiger partial charge in [0.1, 0.15) is 5.69 Å². The number of aromatic nitrogens is 2. The fourth-order valence-electron chi connectivity index (χ4n) is 1.55. The van der Waals surface area contributed by atoms with Crippen molar-refractivity contribution in [2.75, 3.05) is 5.32 Å². The van der Waals surface area contributed by atoms with Gasteiger partial charge in [0, 0.05) is 24.9 Å². The number of hydrogen-bond donors (Lipinski definition) is 1. The molecule has 0 aliphatic rings. The number of carbonyl (C=O) groups is 1. The summed E-state index contributed by atoms with van der Waals surface area (Å²) in [5.74, 6) is -1.68. The first-order valence-electron chi connectivity index (χ1n) is 5.68. The molecule has 2 aromatic rings. The number of anilines is 1. The van der Waals surface area contributed by atoms with Gasteiger partial charge in [-0.3, -0.25) is 19.7 Å². The van der Waals surface area contributed by atoms with Crippen molar-refractivity contribution in [1.82, 2.24) is 9.78 Å². The summed E-state index contributed by atoms with van der Waals surface area (Å²) in [5.41, 5.74) is -1.14. The van der Waals surface area contributed by atoms with Crippen molar-refractivity contribution >= 4 is 17.3 Å². The third kappa shape index (κ3) is 3.08. The first-order chi connectivity index (χ1) is 9.88. The molecule has 0 saturated carbocycles. The highest BCUT2D eigenvalue weighted by atomic mass is 19.1. The van der Waals surface area contributed by atoms with E-state index >= 15 is 0 Å². The number of nitro groups is 1. The minimum Gasteiger partial charge on any atom is -0.320 e. The molecule has 0 fully saturated rings. The van der Waals surface area contributed by atoms with Crippen LogP contribution < -0.4 is 10.9 Å². The van der Waals surface area contributed by atoms with Crippen LogP contribution in [0.25, 0.3) is 0 Å². The Morgan fingerprint density at radius 2 is 2.10 bits per heavy atom. The Bertz CT molecular complexity index is 787. The van der Waals surface area contributed by atoms with Crippen molar-refractivity contribution in [3.8, 4) is 0 Å². The summed E-state index contributed by atoms with van der Waals surface area (Å²) in [6.07, 6.45) is 0. The lowest BCUT2D eigenvalue weighted by Crippen LogP contribution is -2.23. The molecule has 0 aliphatic heterocycles. The molecule has 108 valence electrons. The van der Waals surface area contributed by atoms with Gasteiger partial charge in [0.25, 0.3) is 11.5 Å². The lowest BCUT2D eigenvalue weighted by molar-refractivity contribution is -0.387. The highest BCUT2D eigenvalue weighted by Crippen LogP contribution is 2.21. The molecule has 1 aromatic carbocycles. The number of nitrogens with one attached hydrogen (secondary N) is 1. The highest BCUT2D eigenvalue weighted by molar-refractivity contribution is 6.02. The third-order valence-electron chi connectivity index (χ3n) is 2.59. The van der Waals surface area contributed by atoms with Crippen molar-refractivity contribution in [3.05, 3.63) is 62.3 Å². The van der Waals surface area contributed by atoms with E-state index in [-0.39, 0.29) is 16.9 Å². The molecule has 1 aromatic heterocycles. The van der Waals surface area contributed by atoms with Crippen LogP contribution in [0, 0.1) is 15.9 Å². The van der Waals surface area contributed by atoms with Crippen LogP contribution in [0.5, 0.6) is 0 Å². The maximum atomic E-state index is 13.2. The molecule has 21 heavy (non-hydrogen) atoms. The Kier molecular flexibility index (Phi) is 3.74. The second kappa shape index (κ2) is 5.49. The van der Waals surface area contributed by atoms with Gasteiger partial charge in [0.15, 0.2) is 0 Å². The predicted molar refractivity (Wildman–Crippen MR) is 70.5 cm³/mol. The Morgan fingerprint density at radius 1 is 1.38 bits per heavy atom. The number of benzene rings is 1. The van der Waals surface area contributed by atoms with Crippen LogP contribution in [0.1, 0.15) is 10.5 Å². The van der Waals surface area contributed by atoms with E-state index in [1.807, 2.05) is 0 Å². The van der Waals surface area contributed by atoms with Crippen molar-refractivity contribution in [1.29, 1.82) is 0 Å². The molecule has 1 N–H and O–H groups in total. The Hall–Kier alpha value is -3.10. The number of carbonyl (C=O) groups excluding carboxylic acids is 1. The number of rotatable bonds is 3. The van der Waals surface area contributed by atoms with Gasteiger partial charge >= 0.3 is 5.69 Å². The van der Waals surface area contributed by atoms with E-state index < -0.39 is 22.3 Å². The van der Waals surface area contributed by atoms with Gasteiger partial charge in [-0.25, -0.2) is 4.68 Å². The van der Waals surface area contributed by atoms with E-state index in [0.29, 0.717) is 0 Å². The molecule has 0 aliphatic carbocycles. The molecular formula is C12H9FN4O4. The van der Waals surface area contributed by atoms with Crippen molar-refractivity contribution in [2.24, 2.45) is 7.05 Å². The van der Waals surface area contributed by atoms with Gasteiger partial charge in [0.05, 0.1) is 4.92 Å². The van der Waals surface area contributed by atoms with E-state index in [0.717, 1.165) is 22.9 Å². The molecule has 0 saturated heterocycles. The summed E-state index contributed by atoms with van der Waals surface area (Å²) in [4.78, 5) is 32.8. The van der Waals surface area contributed by atoms with Crippen LogP contribution in [0.3, 0.4) is 0 Å². The number of nitrogens with zero attached hydrogens (tertiary/aromatic N) is 3. The lowest BCUT2D eigenvalue weighted by Gasteiger charge is -2.05. The lowest BCUT2D eigenvalue weighted by atomic mass is 10.2. The van der Waals surface area contributed by atoms with E-state index in [1.165, 1.54) is 19.2 Å². The van der Waals surface area contributed by atoms with Crippen LogP contribution >= 0.6 is 0 Å². The maximum Gasteiger partial charge on any atom is 0.306 e. The van der Waals surface area contributed by atoms with Crippen LogP contribution in [-0.2, 0) is 7.05 Å². The van der Waals surface area contributed by atoms with Crippen LogP contribution in [0.2, 0.25) is 0 Å². The molecular weight excluding hydrogens is 283 g/mol. The normalized spacial score (nSPS) is 10.2. The zero-order valence-electron chi connectivity index (χ0n) is 10.7. The zero-order valence-corrected chi connectivity index (χ0v) is 10.7. The second-order valence-corrected chi connectivity index (χ2v) is 4.06. The van der Waals surface area contributed by atoms with Crippen molar-refractivity contribution in [2.45, 2.75) is 0 Å². The van der Waals surface area contributed by atoms with Gasteiger partial charge in [-0.1, -0.05) is 0 Å². The largest absolute Gasteiger partial charge is 0.320 e. The summed E-state index contributed by atoms with van der Waals surface area (Å²) in [6.45, 7) is 0. The molecule has 0 atom stereocenters. The summed E-state index contributed by atoms with van der Waals surface area (Å²) in [7, 11) is 1.38. The van der Waals surface area contributed by atoms with E-state index in [9.17, 15) is 24.1 Å². The SMILES string of the molecule is Cn1nc(C(=O)Nc2ccc(F)c([N+](=O)[O-])c2)ccc1=O. The van der Waals surface area contributed by atoms with Gasteiger partial charge < -0.3 is 5.32 Å². The fraction of sp³-hybridized carbons (Fsp3) is 0.0833. The summed E-state index contributed by atoms with van der Waals surface area (Å²) in [6, 6.07) is 5.34. The number of amides is 1. The standard InChI is InChI=1S/C12H9FN4O4/c1-16-11(18)5-4-9(15-16)12(19)14-7-2-3-8(13)10(6-7)17(20)21/h2-6H,1H3,(H,14,19). The summed E-state index contributed by atoms with van der Waals surface area (Å²) < 4.78 is 14.1. The van der Waals surface area contributed by atoms with Crippen LogP contribution in [0.4, 0.5) is 15.8 Å². The van der Waals surface area contributed by atoms with Gasteiger partial charge in [-0.2, -0.15) is 9.49 Å². The number of hydrogen-bond acceptors (Lipinski definition) is 5. The van der Waals surface area contributed by atoms with Crippen molar-refractivity contribution in [3.63, 3.8) is 0 Å². The first kappa shape index (κ1) is 14.3. The highest BCUT2D eigenvalue weighted by Gasteiger charge is 2.16. The fourth-order valence-corrected chi connectivity index (χ4v) is 1.55. The molecule has 0 bridgehead atoms. The van der Waals surface area contributed by atoms with Gasteiger partial charge in [0.2, 0.25) is 5.82 Å². The van der Waals surface area contributed by atoms with Crippen LogP contribution in [0.15, 0.2) is 35.1 Å². The number of aryl methyl sites for hydroxylation is 1. The maximum absolute atomic E-state index is 13.2. The first-order valence-corrected chi connectivity index (χ1v) is 5.68. The Balaban J connectivity index is 2.27. The Labute approximate surface area is 117 Å². The van der Waals surface area contributed by atoms with Gasteiger partial charge in [-0.15, -0.1) is 0 Å². The molecule has 2 rings (SSSR count). The van der Waals surface area contributed by atoms with Crippen LogP contribution in [-0.4, -0.2) is 20.6 Å². The van der Waals surface area contributed by atoms with E-state index in [1.54, 1.807) is 0 Å². The predicted octanol–water partition coefficient (Wildman–Crippen LogP) is 1.08. The van der Waals surface area contributed by atoms with E-state index in [4.69, 9.17) is 0 Å². The number of halogens is 1. The average molecular weight is 292 g/mol. The molecule has 0 radical (unpaired) electrons. The summed E-state index contributed by atoms with van der Waals surface area (Å²) in [5, 5.41) is 16.7. The molecule has 0 spiro atoms. The molecule has 0 unspecified atom stereocenters. The molecule has 1 amide bonds. The quantitative estimate of drug-likeness (QED) is 0.672. The summed E-state index contributed by atoms with van der Waals surface area (Å²) >= 11 is 0. The van der Waals surface area contributed by atoms with Crippen molar-refractivity contribution < 1.29 is 14.1 Å². The minimum absolute atomic E-state index is 0.0451. The molecule has 1 heterocycles. The Morgan fingerprint density at radius 3 is 2.71 bits per heavy atom. The number of nitro benzene ring substituents is 1. The minimum atomic E-state index is -1.00. The average Bonchev–Trinajstić information content (AvgIpc) is 2.43. The third-order valence-corrected chi connectivity index (χ3v) is 2.59. The smallest absolute Gasteiger partial charge is 0.306 e. The topological polar surface area (TPSA) is 107 Å². The second-order valence-electron chi connectivity index (χ2n) is 4.06. The van der Waals surface area contributed by atoms with E-state index in [2.05, 4.69) is 10.4 Å². The van der Waals surface area contributed by atoms with Gasteiger partial charge in [-0.05, 0) is 18.2 Å². The molecule has 9 heteroatoms. The molecule has 8 nitrogen and oxygen atoms in total. The monoisotopic (exact) mass is 292 g/mol. The zero-order chi connectivity index (χ0) is 15.6.